The van der Waals surface area contributed by atoms with Crippen molar-refractivity contribution in [3.05, 3.63) is 33.4 Å². The molecule has 0 saturated heterocycles. The largest absolute Gasteiger partial charge is 0.309 e. The number of hydrogen-bond acceptors (Lipinski definition) is 2. The van der Waals surface area contributed by atoms with E-state index in [1.54, 1.807) is 0 Å². The maximum atomic E-state index is 3.67. The molecule has 1 N–H and O–H groups in total. The third kappa shape index (κ3) is 6.71. The first-order valence-electron chi connectivity index (χ1n) is 6.60. The maximum Gasteiger partial charge on any atom is 0.0208 e. The highest BCUT2D eigenvalue weighted by atomic mass is 127. The minimum Gasteiger partial charge on any atom is -0.309 e. The molecule has 102 valence electrons. The monoisotopic (exact) mass is 360 g/mol. The molecule has 0 fully saturated rings. The van der Waals surface area contributed by atoms with Crippen molar-refractivity contribution in [1.82, 2.24) is 10.2 Å². The predicted octanol–water partition coefficient (Wildman–Crippen LogP) is 3.36. The number of benzene rings is 1. The van der Waals surface area contributed by atoms with Crippen LogP contribution in [0, 0.1) is 9.49 Å². The summed E-state index contributed by atoms with van der Waals surface area (Å²) in [5.74, 6) is 0.735. The molecule has 0 aliphatic heterocycles. The molecule has 0 aliphatic rings. The highest BCUT2D eigenvalue weighted by Crippen LogP contribution is 2.09. The first-order valence-corrected chi connectivity index (χ1v) is 7.67. The molecule has 0 aromatic heterocycles. The van der Waals surface area contributed by atoms with Gasteiger partial charge in [0.05, 0.1) is 0 Å². The number of rotatable bonds is 7. The highest BCUT2D eigenvalue weighted by molar-refractivity contribution is 14.1. The van der Waals surface area contributed by atoms with Gasteiger partial charge in [0.15, 0.2) is 0 Å². The summed E-state index contributed by atoms with van der Waals surface area (Å²) in [4.78, 5) is 2.26. The molecule has 2 nitrogen and oxygen atoms in total. The normalized spacial score (nSPS) is 13.3. The summed E-state index contributed by atoms with van der Waals surface area (Å²) in [7, 11) is 4.28. The molecule has 0 saturated carbocycles. The number of nitrogens with zero attached hydrogens (tertiary/aromatic N) is 1. The third-order valence-electron chi connectivity index (χ3n) is 2.85. The predicted molar refractivity (Wildman–Crippen MR) is 87.8 cm³/mol. The summed E-state index contributed by atoms with van der Waals surface area (Å²) in [5, 5.41) is 3.67. The summed E-state index contributed by atoms with van der Waals surface area (Å²) in [6, 6.07) is 9.31. The van der Waals surface area contributed by atoms with Crippen LogP contribution in [0.2, 0.25) is 0 Å². The SMILES string of the molecule is CC(C)CC(CN(C)C)NCc1ccc(I)cc1. The molecule has 1 aromatic carbocycles. The zero-order valence-corrected chi connectivity index (χ0v) is 14.1. The van der Waals surface area contributed by atoms with Crippen LogP contribution in [0.4, 0.5) is 0 Å². The fourth-order valence-electron chi connectivity index (χ4n) is 2.10. The summed E-state index contributed by atoms with van der Waals surface area (Å²) >= 11 is 2.34. The zero-order chi connectivity index (χ0) is 13.5. The Kier molecular flexibility index (Phi) is 7.19. The smallest absolute Gasteiger partial charge is 0.0208 e. The van der Waals surface area contributed by atoms with Crippen molar-refractivity contribution in [3.8, 4) is 0 Å². The van der Waals surface area contributed by atoms with Gasteiger partial charge in [-0.25, -0.2) is 0 Å². The minimum absolute atomic E-state index is 0.569. The van der Waals surface area contributed by atoms with Crippen LogP contribution >= 0.6 is 22.6 Å². The van der Waals surface area contributed by atoms with Gasteiger partial charge in [-0.2, -0.15) is 0 Å². The molecule has 1 aromatic rings. The van der Waals surface area contributed by atoms with Gasteiger partial charge < -0.3 is 10.2 Å². The van der Waals surface area contributed by atoms with E-state index in [1.165, 1.54) is 15.6 Å². The molecule has 3 heteroatoms. The van der Waals surface area contributed by atoms with Crippen molar-refractivity contribution >= 4 is 22.6 Å². The van der Waals surface area contributed by atoms with Gasteiger partial charge in [-0.1, -0.05) is 26.0 Å². The summed E-state index contributed by atoms with van der Waals surface area (Å²) < 4.78 is 1.29. The Morgan fingerprint density at radius 3 is 2.28 bits per heavy atom. The second kappa shape index (κ2) is 8.12. The first-order chi connectivity index (χ1) is 8.47. The van der Waals surface area contributed by atoms with Crippen molar-refractivity contribution < 1.29 is 0 Å². The van der Waals surface area contributed by atoms with E-state index in [0.717, 1.165) is 19.0 Å². The maximum absolute atomic E-state index is 3.67. The van der Waals surface area contributed by atoms with E-state index in [-0.39, 0.29) is 0 Å². The molecule has 0 heterocycles. The van der Waals surface area contributed by atoms with Gasteiger partial charge >= 0.3 is 0 Å². The second-order valence-corrected chi connectivity index (χ2v) is 6.84. The lowest BCUT2D eigenvalue weighted by Gasteiger charge is -2.24. The zero-order valence-electron chi connectivity index (χ0n) is 11.9. The number of likely N-dealkylation sites (N-methyl/N-ethyl adjacent to an activating group) is 1. The summed E-state index contributed by atoms with van der Waals surface area (Å²) in [6.45, 7) is 6.63. The average molecular weight is 360 g/mol. The van der Waals surface area contributed by atoms with E-state index in [2.05, 4.69) is 85.0 Å². The van der Waals surface area contributed by atoms with Crippen molar-refractivity contribution in [1.29, 1.82) is 0 Å². The molecular weight excluding hydrogens is 335 g/mol. The van der Waals surface area contributed by atoms with E-state index in [0.29, 0.717) is 6.04 Å². The Morgan fingerprint density at radius 1 is 1.17 bits per heavy atom. The third-order valence-corrected chi connectivity index (χ3v) is 3.57. The number of halogens is 1. The van der Waals surface area contributed by atoms with Gasteiger partial charge in [0, 0.05) is 22.7 Å². The van der Waals surface area contributed by atoms with E-state index >= 15 is 0 Å². The summed E-state index contributed by atoms with van der Waals surface area (Å²) in [5.41, 5.74) is 1.36. The van der Waals surface area contributed by atoms with E-state index in [1.807, 2.05) is 0 Å². The van der Waals surface area contributed by atoms with Crippen LogP contribution in [-0.2, 0) is 6.54 Å². The van der Waals surface area contributed by atoms with Gasteiger partial charge in [0.25, 0.3) is 0 Å². The van der Waals surface area contributed by atoms with Gasteiger partial charge in [-0.05, 0) is 66.7 Å². The first kappa shape index (κ1) is 15.9. The Balaban J connectivity index is 2.47. The molecular formula is C15H25IN2. The van der Waals surface area contributed by atoms with E-state index < -0.39 is 0 Å². The molecule has 1 rings (SSSR count). The Hall–Kier alpha value is -0.130. The van der Waals surface area contributed by atoms with E-state index in [4.69, 9.17) is 0 Å². The molecule has 0 radical (unpaired) electrons. The van der Waals surface area contributed by atoms with Crippen molar-refractivity contribution in [2.24, 2.45) is 5.92 Å². The van der Waals surface area contributed by atoms with Gasteiger partial charge in [0.2, 0.25) is 0 Å². The molecule has 0 spiro atoms. The molecule has 18 heavy (non-hydrogen) atoms. The standard InChI is InChI=1S/C15H25IN2/c1-12(2)9-15(11-18(3)4)17-10-13-5-7-14(16)8-6-13/h5-8,12,15,17H,9-11H2,1-4H3. The van der Waals surface area contributed by atoms with Crippen molar-refractivity contribution in [2.45, 2.75) is 32.9 Å². The topological polar surface area (TPSA) is 15.3 Å². The lowest BCUT2D eigenvalue weighted by atomic mass is 10.0. The van der Waals surface area contributed by atoms with Crippen LogP contribution in [0.1, 0.15) is 25.8 Å². The highest BCUT2D eigenvalue weighted by Gasteiger charge is 2.11. The number of hydrogen-bond donors (Lipinski definition) is 1. The van der Waals surface area contributed by atoms with Crippen molar-refractivity contribution in [2.75, 3.05) is 20.6 Å². The van der Waals surface area contributed by atoms with Crippen LogP contribution in [0.25, 0.3) is 0 Å². The fraction of sp³-hybridized carbons (Fsp3) is 0.600. The van der Waals surface area contributed by atoms with Gasteiger partial charge in [-0.3, -0.25) is 0 Å². The minimum atomic E-state index is 0.569. The molecule has 1 atom stereocenters. The molecule has 1 unspecified atom stereocenters. The van der Waals surface area contributed by atoms with Crippen LogP contribution in [0.5, 0.6) is 0 Å². The molecule has 0 amide bonds. The lowest BCUT2D eigenvalue weighted by molar-refractivity contribution is 0.305. The van der Waals surface area contributed by atoms with Crippen LogP contribution in [0.3, 0.4) is 0 Å². The second-order valence-electron chi connectivity index (χ2n) is 5.60. The quantitative estimate of drug-likeness (QED) is 0.751. The average Bonchev–Trinajstić information content (AvgIpc) is 2.26. The summed E-state index contributed by atoms with van der Waals surface area (Å²) in [6.07, 6.45) is 1.22. The lowest BCUT2D eigenvalue weighted by Crippen LogP contribution is -2.38. The van der Waals surface area contributed by atoms with Crippen LogP contribution < -0.4 is 5.32 Å². The Bertz CT molecular complexity index is 323. The molecule has 0 bridgehead atoms. The Labute approximate surface area is 125 Å². The molecule has 0 aliphatic carbocycles. The van der Waals surface area contributed by atoms with Gasteiger partial charge in [-0.15, -0.1) is 0 Å². The van der Waals surface area contributed by atoms with Crippen LogP contribution in [0.15, 0.2) is 24.3 Å². The Morgan fingerprint density at radius 2 is 1.78 bits per heavy atom. The van der Waals surface area contributed by atoms with Crippen molar-refractivity contribution in [3.63, 3.8) is 0 Å². The van der Waals surface area contributed by atoms with Gasteiger partial charge in [0.1, 0.15) is 0 Å². The fourth-order valence-corrected chi connectivity index (χ4v) is 2.46. The van der Waals surface area contributed by atoms with E-state index in [9.17, 15) is 0 Å². The number of nitrogens with one attached hydrogen (secondary N) is 1. The van der Waals surface area contributed by atoms with Crippen LogP contribution in [-0.4, -0.2) is 31.6 Å².